The van der Waals surface area contributed by atoms with Crippen molar-refractivity contribution in [3.8, 4) is 17.2 Å². The first-order chi connectivity index (χ1) is 13.6. The van der Waals surface area contributed by atoms with Crippen molar-refractivity contribution in [3.63, 3.8) is 0 Å². The standard InChI is InChI=1S/C19H25N5O4/c1-3-28-14-7-5-13(6-8-14)20-19(26)15(18-21-23-24-22-18)10-12-4-9-16(25)17(11-12)27-2/h4-9,11,15,18,21-25H,3,10H2,1-2H3,(H,20,26). The summed E-state index contributed by atoms with van der Waals surface area (Å²) in [5, 5.41) is 12.7. The number of phenolic OH excluding ortho intramolecular Hbond substituents is 1. The van der Waals surface area contributed by atoms with Crippen LogP contribution in [0.25, 0.3) is 0 Å². The lowest BCUT2D eigenvalue weighted by Gasteiger charge is -2.22. The molecule has 6 N–H and O–H groups in total. The number of ether oxygens (including phenoxy) is 2. The Morgan fingerprint density at radius 3 is 2.54 bits per heavy atom. The summed E-state index contributed by atoms with van der Waals surface area (Å²) in [4.78, 5) is 13.0. The zero-order chi connectivity index (χ0) is 19.9. The average molecular weight is 387 g/mol. The Morgan fingerprint density at radius 2 is 1.89 bits per heavy atom. The number of rotatable bonds is 8. The normalized spacial score (nSPS) is 15.2. The zero-order valence-corrected chi connectivity index (χ0v) is 15.8. The molecule has 0 radical (unpaired) electrons. The Hall–Kier alpha value is -2.85. The Kier molecular flexibility index (Phi) is 6.66. The van der Waals surface area contributed by atoms with Gasteiger partial charge in [-0.1, -0.05) is 6.07 Å². The van der Waals surface area contributed by atoms with E-state index >= 15 is 0 Å². The fraction of sp³-hybridized carbons (Fsp3) is 0.316. The summed E-state index contributed by atoms with van der Waals surface area (Å²) in [5.74, 6) is 0.560. The Labute approximate surface area is 163 Å². The van der Waals surface area contributed by atoms with E-state index in [4.69, 9.17) is 9.47 Å². The molecule has 1 amide bonds. The third-order valence-electron chi connectivity index (χ3n) is 4.39. The predicted molar refractivity (Wildman–Crippen MR) is 104 cm³/mol. The number of carbonyl (C=O) groups excluding carboxylic acids is 1. The van der Waals surface area contributed by atoms with Crippen molar-refractivity contribution in [3.05, 3.63) is 48.0 Å². The molecule has 0 saturated carbocycles. The highest BCUT2D eigenvalue weighted by molar-refractivity contribution is 5.93. The first-order valence-electron chi connectivity index (χ1n) is 9.01. The molecule has 1 heterocycles. The summed E-state index contributed by atoms with van der Waals surface area (Å²) in [6.45, 7) is 2.51. The van der Waals surface area contributed by atoms with E-state index in [-0.39, 0.29) is 17.8 Å². The van der Waals surface area contributed by atoms with Gasteiger partial charge < -0.3 is 19.9 Å². The molecule has 0 bridgehead atoms. The number of hydrogen-bond donors (Lipinski definition) is 6. The molecule has 1 aliphatic rings. The summed E-state index contributed by atoms with van der Waals surface area (Å²) in [7, 11) is 1.49. The van der Waals surface area contributed by atoms with E-state index in [1.165, 1.54) is 7.11 Å². The smallest absolute Gasteiger partial charge is 0.230 e. The van der Waals surface area contributed by atoms with Gasteiger partial charge in [0.25, 0.3) is 0 Å². The Balaban J connectivity index is 1.74. The topological polar surface area (TPSA) is 116 Å². The molecule has 1 fully saturated rings. The lowest BCUT2D eigenvalue weighted by Crippen LogP contribution is -2.47. The summed E-state index contributed by atoms with van der Waals surface area (Å²) >= 11 is 0. The number of anilines is 1. The number of amides is 1. The molecule has 1 unspecified atom stereocenters. The van der Waals surface area contributed by atoms with Gasteiger partial charge in [-0.2, -0.15) is 11.1 Å². The van der Waals surface area contributed by atoms with Crippen LogP contribution in [0.4, 0.5) is 5.69 Å². The van der Waals surface area contributed by atoms with Crippen LogP contribution in [0.2, 0.25) is 0 Å². The van der Waals surface area contributed by atoms with Gasteiger partial charge in [-0.25, -0.2) is 10.9 Å². The fourth-order valence-electron chi connectivity index (χ4n) is 2.97. The number of hydrazine groups is 3. The first kappa shape index (κ1) is 19.9. The second-order valence-electron chi connectivity index (χ2n) is 6.28. The van der Waals surface area contributed by atoms with Crippen molar-refractivity contribution >= 4 is 11.6 Å². The Morgan fingerprint density at radius 1 is 1.18 bits per heavy atom. The maximum absolute atomic E-state index is 13.0. The van der Waals surface area contributed by atoms with E-state index in [9.17, 15) is 9.90 Å². The number of benzene rings is 2. The van der Waals surface area contributed by atoms with Crippen LogP contribution in [0.15, 0.2) is 42.5 Å². The minimum Gasteiger partial charge on any atom is -0.504 e. The van der Waals surface area contributed by atoms with Crippen LogP contribution in [0, 0.1) is 5.92 Å². The molecule has 2 aromatic rings. The van der Waals surface area contributed by atoms with E-state index in [1.54, 1.807) is 30.3 Å². The number of nitrogens with one attached hydrogen (secondary N) is 5. The molecule has 1 aliphatic heterocycles. The molecule has 1 saturated heterocycles. The monoisotopic (exact) mass is 387 g/mol. The average Bonchev–Trinajstić information content (AvgIpc) is 3.23. The molecule has 9 heteroatoms. The van der Waals surface area contributed by atoms with Gasteiger partial charge in [-0.15, -0.1) is 0 Å². The van der Waals surface area contributed by atoms with Gasteiger partial charge in [-0.05, 0) is 55.3 Å². The quantitative estimate of drug-likeness (QED) is 0.398. The highest BCUT2D eigenvalue weighted by Gasteiger charge is 2.31. The Bertz CT molecular complexity index is 793. The van der Waals surface area contributed by atoms with Crippen LogP contribution in [0.1, 0.15) is 12.5 Å². The van der Waals surface area contributed by atoms with E-state index in [2.05, 4.69) is 27.2 Å². The van der Waals surface area contributed by atoms with Gasteiger partial charge in [0.05, 0.1) is 25.8 Å². The van der Waals surface area contributed by atoms with Crippen LogP contribution >= 0.6 is 0 Å². The lowest BCUT2D eigenvalue weighted by molar-refractivity contribution is -0.120. The molecule has 2 aromatic carbocycles. The molecule has 3 rings (SSSR count). The van der Waals surface area contributed by atoms with Crippen molar-refractivity contribution in [2.75, 3.05) is 19.0 Å². The van der Waals surface area contributed by atoms with E-state index in [1.807, 2.05) is 19.1 Å². The van der Waals surface area contributed by atoms with Gasteiger partial charge in [-0.3, -0.25) is 4.79 Å². The van der Waals surface area contributed by atoms with Crippen molar-refractivity contribution < 1.29 is 19.4 Å². The van der Waals surface area contributed by atoms with Crippen LogP contribution in [-0.2, 0) is 11.2 Å². The van der Waals surface area contributed by atoms with E-state index in [0.717, 1.165) is 11.3 Å². The summed E-state index contributed by atoms with van der Waals surface area (Å²) in [5.41, 5.74) is 13.0. The highest BCUT2D eigenvalue weighted by Crippen LogP contribution is 2.28. The predicted octanol–water partition coefficient (Wildman–Crippen LogP) is 1.04. The number of hydrogen-bond acceptors (Lipinski definition) is 8. The second-order valence-corrected chi connectivity index (χ2v) is 6.28. The van der Waals surface area contributed by atoms with Crippen molar-refractivity contribution in [1.29, 1.82) is 0 Å². The number of phenols is 1. The summed E-state index contributed by atoms with van der Waals surface area (Å²) in [6.07, 6.45) is 0.0792. The highest BCUT2D eigenvalue weighted by atomic mass is 16.5. The van der Waals surface area contributed by atoms with Gasteiger partial charge in [0.2, 0.25) is 5.91 Å². The third-order valence-corrected chi connectivity index (χ3v) is 4.39. The minimum atomic E-state index is -0.455. The van der Waals surface area contributed by atoms with Crippen molar-refractivity contribution in [1.82, 2.24) is 21.9 Å². The fourth-order valence-corrected chi connectivity index (χ4v) is 2.97. The molecular weight excluding hydrogens is 362 g/mol. The van der Waals surface area contributed by atoms with Crippen LogP contribution in [0.3, 0.4) is 0 Å². The molecule has 0 aromatic heterocycles. The maximum atomic E-state index is 13.0. The zero-order valence-electron chi connectivity index (χ0n) is 15.8. The molecular formula is C19H25N5O4. The molecule has 150 valence electrons. The molecule has 9 nitrogen and oxygen atoms in total. The second kappa shape index (κ2) is 9.38. The summed E-state index contributed by atoms with van der Waals surface area (Å²) < 4.78 is 10.6. The summed E-state index contributed by atoms with van der Waals surface area (Å²) in [6, 6.07) is 12.3. The number of carbonyl (C=O) groups is 1. The number of aromatic hydroxyl groups is 1. The van der Waals surface area contributed by atoms with Crippen LogP contribution in [-0.4, -0.2) is 30.9 Å². The van der Waals surface area contributed by atoms with Gasteiger partial charge in [0, 0.05) is 5.69 Å². The van der Waals surface area contributed by atoms with Crippen molar-refractivity contribution in [2.45, 2.75) is 19.5 Å². The van der Waals surface area contributed by atoms with Gasteiger partial charge in [0.1, 0.15) is 5.75 Å². The largest absolute Gasteiger partial charge is 0.504 e. The molecule has 1 atom stereocenters. The SMILES string of the molecule is CCOc1ccc(NC(=O)C(Cc2ccc(O)c(OC)c2)C2NNNN2)cc1. The van der Waals surface area contributed by atoms with E-state index in [0.29, 0.717) is 24.5 Å². The van der Waals surface area contributed by atoms with Gasteiger partial charge >= 0.3 is 0 Å². The van der Waals surface area contributed by atoms with Crippen LogP contribution in [0.5, 0.6) is 17.2 Å². The minimum absolute atomic E-state index is 0.0575. The number of methoxy groups -OCH3 is 1. The molecule has 28 heavy (non-hydrogen) atoms. The van der Waals surface area contributed by atoms with Crippen molar-refractivity contribution in [2.24, 2.45) is 5.92 Å². The van der Waals surface area contributed by atoms with Crippen LogP contribution < -0.4 is 36.7 Å². The third kappa shape index (κ3) is 4.90. The maximum Gasteiger partial charge on any atom is 0.230 e. The first-order valence-corrected chi connectivity index (χ1v) is 9.01. The molecule has 0 spiro atoms. The van der Waals surface area contributed by atoms with Gasteiger partial charge in [0.15, 0.2) is 11.5 Å². The lowest BCUT2D eigenvalue weighted by atomic mass is 9.95. The van der Waals surface area contributed by atoms with E-state index < -0.39 is 5.92 Å². The molecule has 0 aliphatic carbocycles.